The molecule has 3 aromatic rings. The maximum absolute atomic E-state index is 13.0. The zero-order valence-electron chi connectivity index (χ0n) is 19.0. The van der Waals surface area contributed by atoms with E-state index in [0.717, 1.165) is 23.4 Å². The van der Waals surface area contributed by atoms with Crippen LogP contribution in [-0.4, -0.2) is 63.8 Å². The molecule has 35 heavy (non-hydrogen) atoms. The number of piperazine rings is 1. The number of halogens is 1. The molecule has 8 nitrogen and oxygen atoms in total. The minimum atomic E-state index is -0.173. The number of nitrogens with one attached hydrogen (secondary N) is 2. The topological polar surface area (TPSA) is 90.5 Å². The first kappa shape index (κ1) is 22.9. The zero-order chi connectivity index (χ0) is 24.2. The fraction of sp³-hybridized carbons (Fsp3) is 0.231. The summed E-state index contributed by atoms with van der Waals surface area (Å²) in [7, 11) is 0. The zero-order valence-corrected chi connectivity index (χ0v) is 19.8. The molecular formula is C26H25ClN6O2. The Balaban J connectivity index is 1.18. The van der Waals surface area contributed by atoms with Crippen LogP contribution in [0.4, 0.5) is 11.6 Å². The Labute approximate surface area is 208 Å². The number of benzene rings is 2. The smallest absolute Gasteiger partial charge is 0.253 e. The maximum Gasteiger partial charge on any atom is 0.253 e. The van der Waals surface area contributed by atoms with Crippen molar-refractivity contribution >= 4 is 35.1 Å². The molecule has 2 aliphatic heterocycles. The lowest BCUT2D eigenvalue weighted by Crippen LogP contribution is -2.54. The number of rotatable bonds is 5. The first-order chi connectivity index (χ1) is 17.1. The predicted molar refractivity (Wildman–Crippen MR) is 135 cm³/mol. The van der Waals surface area contributed by atoms with Crippen molar-refractivity contribution in [2.24, 2.45) is 0 Å². The van der Waals surface area contributed by atoms with Gasteiger partial charge in [0.05, 0.1) is 5.69 Å². The highest BCUT2D eigenvalue weighted by molar-refractivity contribution is 6.30. The van der Waals surface area contributed by atoms with Crippen molar-refractivity contribution in [1.29, 1.82) is 0 Å². The Morgan fingerprint density at radius 1 is 0.943 bits per heavy atom. The van der Waals surface area contributed by atoms with Crippen molar-refractivity contribution in [1.82, 2.24) is 25.1 Å². The number of carbonyl (C=O) groups excluding carboxylic acids is 2. The van der Waals surface area contributed by atoms with Gasteiger partial charge in [-0.3, -0.25) is 9.59 Å². The van der Waals surface area contributed by atoms with E-state index in [-0.39, 0.29) is 17.9 Å². The molecule has 0 spiro atoms. The lowest BCUT2D eigenvalue weighted by molar-refractivity contribution is -0.134. The maximum atomic E-state index is 13.0. The Hall–Kier alpha value is -3.91. The van der Waals surface area contributed by atoms with Gasteiger partial charge in [0, 0.05) is 54.2 Å². The van der Waals surface area contributed by atoms with Gasteiger partial charge in [-0.15, -0.1) is 0 Å². The molecule has 3 heterocycles. The molecular weight excluding hydrogens is 464 g/mol. The summed E-state index contributed by atoms with van der Waals surface area (Å²) in [5.41, 5.74) is 3.11. The second-order valence-corrected chi connectivity index (χ2v) is 8.89. The lowest BCUT2D eigenvalue weighted by atomic mass is 10.1. The molecule has 2 aliphatic rings. The van der Waals surface area contributed by atoms with Gasteiger partial charge in [0.1, 0.15) is 6.04 Å². The van der Waals surface area contributed by atoms with Crippen LogP contribution in [0.2, 0.25) is 5.02 Å². The number of hydrogen-bond donors (Lipinski definition) is 2. The standard InChI is InChI=1S/C26H25ClN6O2/c27-20-7-3-18(4-8-20)22-11-13-29-26(31-22)30-21-9-5-19(6-10-21)24(34)32-14-16-33(17-15-32)25(35)23-2-1-12-28-23/h1,3-13,23,28H,2,14-17H2,(H,29,30,31). The van der Waals surface area contributed by atoms with Crippen molar-refractivity contribution in [3.8, 4) is 11.3 Å². The van der Waals surface area contributed by atoms with Crippen LogP contribution in [0.5, 0.6) is 0 Å². The molecule has 0 aliphatic carbocycles. The van der Waals surface area contributed by atoms with Gasteiger partial charge in [-0.1, -0.05) is 29.8 Å². The van der Waals surface area contributed by atoms with Crippen LogP contribution in [0, 0.1) is 0 Å². The van der Waals surface area contributed by atoms with Gasteiger partial charge in [0.25, 0.3) is 5.91 Å². The highest BCUT2D eigenvalue weighted by atomic mass is 35.5. The molecule has 2 N–H and O–H groups in total. The van der Waals surface area contributed by atoms with Gasteiger partial charge in [-0.25, -0.2) is 9.97 Å². The Morgan fingerprint density at radius 2 is 1.66 bits per heavy atom. The first-order valence-electron chi connectivity index (χ1n) is 11.5. The average Bonchev–Trinajstić information content (AvgIpc) is 3.44. The normalized spacial score (nSPS) is 17.2. The molecule has 0 bridgehead atoms. The summed E-state index contributed by atoms with van der Waals surface area (Å²) in [4.78, 5) is 38.0. The molecule has 1 saturated heterocycles. The van der Waals surface area contributed by atoms with Crippen molar-refractivity contribution < 1.29 is 9.59 Å². The number of carbonyl (C=O) groups is 2. The van der Waals surface area contributed by atoms with E-state index >= 15 is 0 Å². The van der Waals surface area contributed by atoms with Gasteiger partial charge in [0.15, 0.2) is 0 Å². The number of anilines is 2. The van der Waals surface area contributed by atoms with Crippen LogP contribution in [0.3, 0.4) is 0 Å². The Kier molecular flexibility index (Phi) is 6.63. The molecule has 2 amide bonds. The molecule has 9 heteroatoms. The fourth-order valence-corrected chi connectivity index (χ4v) is 4.31. The number of nitrogens with zero attached hydrogens (tertiary/aromatic N) is 4. The molecule has 0 radical (unpaired) electrons. The van der Waals surface area contributed by atoms with E-state index in [2.05, 4.69) is 20.6 Å². The number of aromatic nitrogens is 2. The van der Waals surface area contributed by atoms with Crippen LogP contribution in [0.25, 0.3) is 11.3 Å². The van der Waals surface area contributed by atoms with Crippen LogP contribution in [-0.2, 0) is 4.79 Å². The van der Waals surface area contributed by atoms with E-state index in [4.69, 9.17) is 11.6 Å². The third-order valence-corrected chi connectivity index (χ3v) is 6.40. The minimum absolute atomic E-state index is 0.0368. The molecule has 178 valence electrons. The lowest BCUT2D eigenvalue weighted by Gasteiger charge is -2.36. The molecule has 1 fully saturated rings. The van der Waals surface area contributed by atoms with Crippen molar-refractivity contribution in [2.75, 3.05) is 31.5 Å². The van der Waals surface area contributed by atoms with Crippen LogP contribution in [0.15, 0.2) is 73.1 Å². The van der Waals surface area contributed by atoms with E-state index in [1.54, 1.807) is 23.2 Å². The van der Waals surface area contributed by atoms with Crippen LogP contribution >= 0.6 is 11.6 Å². The summed E-state index contributed by atoms with van der Waals surface area (Å²) in [6.45, 7) is 2.14. The summed E-state index contributed by atoms with van der Waals surface area (Å²) < 4.78 is 0. The SMILES string of the molecule is O=C(c1ccc(Nc2nccc(-c3ccc(Cl)cc3)n2)cc1)N1CCN(C(=O)C2CC=CN2)CC1. The van der Waals surface area contributed by atoms with Gasteiger partial charge in [-0.05, 0) is 55.1 Å². The van der Waals surface area contributed by atoms with Gasteiger partial charge in [0.2, 0.25) is 11.9 Å². The summed E-state index contributed by atoms with van der Waals surface area (Å²) in [5.74, 6) is 0.523. The van der Waals surface area contributed by atoms with E-state index in [0.29, 0.717) is 42.7 Å². The summed E-state index contributed by atoms with van der Waals surface area (Å²) >= 11 is 5.97. The van der Waals surface area contributed by atoms with Crippen molar-refractivity contribution in [3.63, 3.8) is 0 Å². The third kappa shape index (κ3) is 5.27. The summed E-state index contributed by atoms with van der Waals surface area (Å²) in [6.07, 6.45) is 6.20. The molecule has 1 unspecified atom stereocenters. The largest absolute Gasteiger partial charge is 0.380 e. The van der Waals surface area contributed by atoms with E-state index in [1.807, 2.05) is 59.6 Å². The molecule has 2 aromatic carbocycles. The average molecular weight is 489 g/mol. The molecule has 0 saturated carbocycles. The predicted octanol–water partition coefficient (Wildman–Crippen LogP) is 3.70. The van der Waals surface area contributed by atoms with Gasteiger partial charge in [-0.2, -0.15) is 0 Å². The first-order valence-corrected chi connectivity index (χ1v) is 11.9. The van der Waals surface area contributed by atoms with E-state index in [1.165, 1.54) is 0 Å². The van der Waals surface area contributed by atoms with Crippen LogP contribution < -0.4 is 10.6 Å². The van der Waals surface area contributed by atoms with E-state index < -0.39 is 0 Å². The highest BCUT2D eigenvalue weighted by Gasteiger charge is 2.29. The number of hydrogen-bond acceptors (Lipinski definition) is 6. The van der Waals surface area contributed by atoms with E-state index in [9.17, 15) is 9.59 Å². The Morgan fingerprint density at radius 3 is 2.34 bits per heavy atom. The molecule has 5 rings (SSSR count). The van der Waals surface area contributed by atoms with Crippen molar-refractivity contribution in [2.45, 2.75) is 12.5 Å². The highest BCUT2D eigenvalue weighted by Crippen LogP contribution is 2.22. The third-order valence-electron chi connectivity index (χ3n) is 6.15. The quantitative estimate of drug-likeness (QED) is 0.569. The van der Waals surface area contributed by atoms with Crippen molar-refractivity contribution in [3.05, 3.63) is 83.7 Å². The number of amides is 2. The monoisotopic (exact) mass is 488 g/mol. The molecule has 1 aromatic heterocycles. The second kappa shape index (κ2) is 10.1. The summed E-state index contributed by atoms with van der Waals surface area (Å²) in [6, 6.07) is 16.4. The van der Waals surface area contributed by atoms with Gasteiger partial charge >= 0.3 is 0 Å². The second-order valence-electron chi connectivity index (χ2n) is 8.45. The molecule has 1 atom stereocenters. The van der Waals surface area contributed by atoms with Crippen LogP contribution in [0.1, 0.15) is 16.8 Å². The van der Waals surface area contributed by atoms with Gasteiger partial charge < -0.3 is 20.4 Å². The minimum Gasteiger partial charge on any atom is -0.380 e. The summed E-state index contributed by atoms with van der Waals surface area (Å²) in [5, 5.41) is 6.94. The Bertz CT molecular complexity index is 1230. The fourth-order valence-electron chi connectivity index (χ4n) is 4.19.